The fraction of sp³-hybridized carbons (Fsp3) is 1.00. The summed E-state index contributed by atoms with van der Waals surface area (Å²) >= 11 is 0. The number of hydrogen-bond acceptors (Lipinski definition) is 2. The third-order valence-electron chi connectivity index (χ3n) is 4.62. The van der Waals surface area contributed by atoms with Gasteiger partial charge in [0.05, 0.1) is 6.61 Å². The molecule has 2 fully saturated rings. The summed E-state index contributed by atoms with van der Waals surface area (Å²) in [6, 6.07) is 0.658. The lowest BCUT2D eigenvalue weighted by Gasteiger charge is -2.50. The first-order valence-electron chi connectivity index (χ1n) is 6.92. The van der Waals surface area contributed by atoms with Gasteiger partial charge < -0.3 is 4.74 Å². The van der Waals surface area contributed by atoms with Crippen LogP contribution in [0.15, 0.2) is 0 Å². The SMILES string of the molecule is CC(C)C1CCOCC12CCCN2C(C)C. The highest BCUT2D eigenvalue weighted by molar-refractivity contribution is 5.04. The second-order valence-electron chi connectivity index (χ2n) is 6.19. The maximum atomic E-state index is 5.83. The Kier molecular flexibility index (Phi) is 3.60. The van der Waals surface area contributed by atoms with Gasteiger partial charge in [-0.2, -0.15) is 0 Å². The number of hydrogen-bond donors (Lipinski definition) is 0. The van der Waals surface area contributed by atoms with Crippen LogP contribution in [0.3, 0.4) is 0 Å². The van der Waals surface area contributed by atoms with Crippen LogP contribution in [-0.2, 0) is 4.74 Å². The van der Waals surface area contributed by atoms with Crippen molar-refractivity contribution in [1.82, 2.24) is 4.90 Å². The summed E-state index contributed by atoms with van der Waals surface area (Å²) in [6.07, 6.45) is 3.94. The predicted molar refractivity (Wildman–Crippen MR) is 67.6 cm³/mol. The topological polar surface area (TPSA) is 12.5 Å². The molecule has 16 heavy (non-hydrogen) atoms. The third-order valence-corrected chi connectivity index (χ3v) is 4.62. The van der Waals surface area contributed by atoms with Gasteiger partial charge in [-0.1, -0.05) is 13.8 Å². The van der Waals surface area contributed by atoms with Crippen molar-refractivity contribution in [3.05, 3.63) is 0 Å². The molecule has 0 aromatic carbocycles. The van der Waals surface area contributed by atoms with E-state index in [0.29, 0.717) is 11.6 Å². The van der Waals surface area contributed by atoms with Crippen LogP contribution < -0.4 is 0 Å². The molecule has 2 heterocycles. The molecule has 2 nitrogen and oxygen atoms in total. The van der Waals surface area contributed by atoms with Crippen LogP contribution in [0, 0.1) is 11.8 Å². The van der Waals surface area contributed by atoms with Gasteiger partial charge in [-0.15, -0.1) is 0 Å². The largest absolute Gasteiger partial charge is 0.380 e. The smallest absolute Gasteiger partial charge is 0.0653 e. The van der Waals surface area contributed by atoms with E-state index in [1.165, 1.54) is 25.8 Å². The van der Waals surface area contributed by atoms with E-state index in [2.05, 4.69) is 32.6 Å². The Balaban J connectivity index is 2.24. The summed E-state index contributed by atoms with van der Waals surface area (Å²) in [5.41, 5.74) is 0.362. The monoisotopic (exact) mass is 225 g/mol. The molecule has 94 valence electrons. The van der Waals surface area contributed by atoms with E-state index in [0.717, 1.165) is 25.0 Å². The second kappa shape index (κ2) is 4.66. The number of nitrogens with zero attached hydrogens (tertiary/aromatic N) is 1. The first kappa shape index (κ1) is 12.4. The Morgan fingerprint density at radius 1 is 1.25 bits per heavy atom. The molecule has 1 spiro atoms. The lowest BCUT2D eigenvalue weighted by molar-refractivity contribution is -0.0923. The van der Waals surface area contributed by atoms with Gasteiger partial charge in [-0.25, -0.2) is 0 Å². The van der Waals surface area contributed by atoms with Crippen LogP contribution in [0.1, 0.15) is 47.0 Å². The van der Waals surface area contributed by atoms with E-state index in [4.69, 9.17) is 4.74 Å². The average molecular weight is 225 g/mol. The van der Waals surface area contributed by atoms with E-state index in [-0.39, 0.29) is 0 Å². The van der Waals surface area contributed by atoms with Crippen molar-refractivity contribution in [2.24, 2.45) is 11.8 Å². The molecule has 0 radical (unpaired) electrons. The quantitative estimate of drug-likeness (QED) is 0.716. The van der Waals surface area contributed by atoms with Crippen molar-refractivity contribution in [2.75, 3.05) is 19.8 Å². The molecule has 0 bridgehead atoms. The number of rotatable bonds is 2. The fourth-order valence-corrected chi connectivity index (χ4v) is 4.04. The Bertz CT molecular complexity index is 239. The van der Waals surface area contributed by atoms with Gasteiger partial charge in [0.25, 0.3) is 0 Å². The highest BCUT2D eigenvalue weighted by atomic mass is 16.5. The Hall–Kier alpha value is -0.0800. The van der Waals surface area contributed by atoms with Crippen molar-refractivity contribution in [3.8, 4) is 0 Å². The zero-order chi connectivity index (χ0) is 11.8. The van der Waals surface area contributed by atoms with Gasteiger partial charge in [0.1, 0.15) is 0 Å². The third kappa shape index (κ3) is 1.91. The molecule has 0 aromatic rings. The lowest BCUT2D eigenvalue weighted by Crippen LogP contribution is -2.59. The predicted octanol–water partition coefficient (Wildman–Crippen LogP) is 2.92. The van der Waals surface area contributed by atoms with E-state index in [1.807, 2.05) is 0 Å². The van der Waals surface area contributed by atoms with Gasteiger partial charge in [0.15, 0.2) is 0 Å². The van der Waals surface area contributed by atoms with Crippen molar-refractivity contribution in [1.29, 1.82) is 0 Å². The van der Waals surface area contributed by atoms with Gasteiger partial charge in [-0.3, -0.25) is 4.90 Å². The molecule has 0 N–H and O–H groups in total. The Labute approximate surface area is 100 Å². The highest BCUT2D eigenvalue weighted by Crippen LogP contribution is 2.44. The Morgan fingerprint density at radius 3 is 2.62 bits per heavy atom. The van der Waals surface area contributed by atoms with Crippen LogP contribution in [-0.4, -0.2) is 36.2 Å². The van der Waals surface area contributed by atoms with Crippen molar-refractivity contribution < 1.29 is 4.74 Å². The van der Waals surface area contributed by atoms with E-state index < -0.39 is 0 Å². The van der Waals surface area contributed by atoms with Crippen LogP contribution in [0.25, 0.3) is 0 Å². The van der Waals surface area contributed by atoms with E-state index in [1.54, 1.807) is 0 Å². The normalized spacial score (nSPS) is 36.8. The number of ether oxygens (including phenoxy) is 1. The minimum absolute atomic E-state index is 0.362. The second-order valence-corrected chi connectivity index (χ2v) is 6.19. The number of likely N-dealkylation sites (tertiary alicyclic amines) is 1. The summed E-state index contributed by atoms with van der Waals surface area (Å²) in [5, 5.41) is 0. The molecule has 0 amide bonds. The molecule has 2 atom stereocenters. The van der Waals surface area contributed by atoms with Crippen LogP contribution in [0.4, 0.5) is 0 Å². The summed E-state index contributed by atoms with van der Waals surface area (Å²) < 4.78 is 5.83. The molecule has 0 aliphatic carbocycles. The van der Waals surface area contributed by atoms with Crippen LogP contribution in [0.5, 0.6) is 0 Å². The van der Waals surface area contributed by atoms with Gasteiger partial charge in [-0.05, 0) is 51.5 Å². The first-order chi connectivity index (χ1) is 7.58. The summed E-state index contributed by atoms with van der Waals surface area (Å²) in [4.78, 5) is 2.72. The van der Waals surface area contributed by atoms with Gasteiger partial charge in [0.2, 0.25) is 0 Å². The summed E-state index contributed by atoms with van der Waals surface area (Å²) in [5.74, 6) is 1.61. The van der Waals surface area contributed by atoms with Crippen molar-refractivity contribution in [2.45, 2.75) is 58.5 Å². The fourth-order valence-electron chi connectivity index (χ4n) is 4.04. The zero-order valence-corrected chi connectivity index (χ0v) is 11.3. The molecule has 2 aliphatic rings. The highest BCUT2D eigenvalue weighted by Gasteiger charge is 2.50. The molecular weight excluding hydrogens is 198 g/mol. The average Bonchev–Trinajstić information content (AvgIpc) is 2.62. The van der Waals surface area contributed by atoms with Crippen molar-refractivity contribution >= 4 is 0 Å². The molecule has 2 heteroatoms. The minimum atomic E-state index is 0.362. The zero-order valence-electron chi connectivity index (χ0n) is 11.3. The molecule has 2 aliphatic heterocycles. The van der Waals surface area contributed by atoms with Crippen LogP contribution >= 0.6 is 0 Å². The maximum absolute atomic E-state index is 5.83. The lowest BCUT2D eigenvalue weighted by atomic mass is 9.72. The molecule has 2 unspecified atom stereocenters. The minimum Gasteiger partial charge on any atom is -0.380 e. The summed E-state index contributed by atoms with van der Waals surface area (Å²) in [6.45, 7) is 12.6. The van der Waals surface area contributed by atoms with E-state index >= 15 is 0 Å². The molecule has 0 aromatic heterocycles. The summed E-state index contributed by atoms with van der Waals surface area (Å²) in [7, 11) is 0. The first-order valence-corrected chi connectivity index (χ1v) is 6.92. The van der Waals surface area contributed by atoms with Crippen LogP contribution in [0.2, 0.25) is 0 Å². The van der Waals surface area contributed by atoms with Gasteiger partial charge >= 0.3 is 0 Å². The molecule has 2 saturated heterocycles. The molecular formula is C14H27NO. The molecule has 0 saturated carbocycles. The Morgan fingerprint density at radius 2 is 2.00 bits per heavy atom. The maximum Gasteiger partial charge on any atom is 0.0653 e. The molecule has 2 rings (SSSR count). The van der Waals surface area contributed by atoms with Crippen molar-refractivity contribution in [3.63, 3.8) is 0 Å². The van der Waals surface area contributed by atoms with E-state index in [9.17, 15) is 0 Å². The standard InChI is InChI=1S/C14H27NO/c1-11(2)13-6-9-16-10-14(13)7-5-8-15(14)12(3)4/h11-13H,5-10H2,1-4H3. The van der Waals surface area contributed by atoms with Gasteiger partial charge in [0, 0.05) is 18.2 Å².